The number of hydrogen-bond donors (Lipinski definition) is 1. The Morgan fingerprint density at radius 1 is 1.71 bits per heavy atom. The molecule has 1 aromatic rings. The number of aromatic nitrogens is 2. The van der Waals surface area contributed by atoms with E-state index in [0.717, 1.165) is 12.4 Å². The molecule has 0 fully saturated rings. The molecule has 2 unspecified atom stereocenters. The van der Waals surface area contributed by atoms with Crippen molar-refractivity contribution < 1.29 is 0 Å². The minimum absolute atomic E-state index is 0.237. The van der Waals surface area contributed by atoms with Gasteiger partial charge in [-0.2, -0.15) is 5.26 Å². The molecule has 1 rings (SSSR count). The smallest absolute Gasteiger partial charge is 0.122 e. The minimum Gasteiger partial charge on any atom is -0.337 e. The molecule has 0 bridgehead atoms. The lowest BCUT2D eigenvalue weighted by Gasteiger charge is -2.28. The van der Waals surface area contributed by atoms with Crippen molar-refractivity contribution >= 4 is 0 Å². The van der Waals surface area contributed by atoms with Gasteiger partial charge in [-0.1, -0.05) is 0 Å². The molecule has 0 saturated carbocycles. The molecule has 0 aliphatic heterocycles. The quantitative estimate of drug-likeness (QED) is 0.822. The van der Waals surface area contributed by atoms with Crippen LogP contribution in [0.4, 0.5) is 0 Å². The fourth-order valence-electron chi connectivity index (χ4n) is 1.74. The monoisotopic (exact) mass is 235 g/mol. The van der Waals surface area contributed by atoms with E-state index >= 15 is 0 Å². The van der Waals surface area contributed by atoms with Crippen LogP contribution in [0.1, 0.15) is 26.1 Å². The Balaban J connectivity index is 2.57. The molecular formula is C12H21N5. The Bertz CT molecular complexity index is 401. The maximum Gasteiger partial charge on any atom is 0.122 e. The van der Waals surface area contributed by atoms with E-state index in [1.54, 1.807) is 13.1 Å². The summed E-state index contributed by atoms with van der Waals surface area (Å²) < 4.78 is 2.00. The first-order chi connectivity index (χ1) is 7.85. The van der Waals surface area contributed by atoms with E-state index < -0.39 is 5.54 Å². The van der Waals surface area contributed by atoms with Crippen LogP contribution in [0.25, 0.3) is 0 Å². The van der Waals surface area contributed by atoms with Gasteiger partial charge in [-0.3, -0.25) is 4.90 Å². The molecule has 5 heteroatoms. The highest BCUT2D eigenvalue weighted by Crippen LogP contribution is 2.13. The maximum absolute atomic E-state index is 8.92. The van der Waals surface area contributed by atoms with Crippen molar-refractivity contribution in [2.24, 2.45) is 12.8 Å². The van der Waals surface area contributed by atoms with E-state index in [1.807, 2.05) is 24.9 Å². The molecule has 2 N–H and O–H groups in total. The number of nitriles is 1. The van der Waals surface area contributed by atoms with Crippen LogP contribution < -0.4 is 5.73 Å². The fraction of sp³-hybridized carbons (Fsp3) is 0.667. The van der Waals surface area contributed by atoms with Gasteiger partial charge in [0.05, 0.1) is 12.6 Å². The minimum atomic E-state index is -0.769. The maximum atomic E-state index is 8.92. The van der Waals surface area contributed by atoms with Crippen LogP contribution in [0, 0.1) is 11.3 Å². The van der Waals surface area contributed by atoms with Crippen LogP contribution in [0.3, 0.4) is 0 Å². The summed E-state index contributed by atoms with van der Waals surface area (Å²) in [4.78, 5) is 6.44. The van der Waals surface area contributed by atoms with Gasteiger partial charge in [-0.15, -0.1) is 0 Å². The highest BCUT2D eigenvalue weighted by molar-refractivity contribution is 5.03. The molecular weight excluding hydrogens is 214 g/mol. The second kappa shape index (κ2) is 5.30. The van der Waals surface area contributed by atoms with Crippen molar-refractivity contribution in [3.8, 4) is 6.07 Å². The predicted molar refractivity (Wildman–Crippen MR) is 67.0 cm³/mol. The Morgan fingerprint density at radius 3 is 2.82 bits per heavy atom. The van der Waals surface area contributed by atoms with Gasteiger partial charge >= 0.3 is 0 Å². The van der Waals surface area contributed by atoms with Crippen molar-refractivity contribution in [2.45, 2.75) is 38.4 Å². The number of imidazole rings is 1. The molecule has 2 atom stereocenters. The van der Waals surface area contributed by atoms with Crippen LogP contribution in [-0.4, -0.2) is 33.1 Å². The van der Waals surface area contributed by atoms with E-state index in [-0.39, 0.29) is 6.04 Å². The molecule has 0 spiro atoms. The molecule has 0 aromatic carbocycles. The van der Waals surface area contributed by atoms with Gasteiger partial charge in [0.2, 0.25) is 0 Å². The van der Waals surface area contributed by atoms with Gasteiger partial charge < -0.3 is 10.3 Å². The molecule has 0 radical (unpaired) electrons. The third-order valence-corrected chi connectivity index (χ3v) is 3.04. The van der Waals surface area contributed by atoms with E-state index in [2.05, 4.69) is 22.9 Å². The largest absolute Gasteiger partial charge is 0.337 e. The molecule has 1 aromatic heterocycles. The summed E-state index contributed by atoms with van der Waals surface area (Å²) in [6.45, 7) is 4.59. The third-order valence-electron chi connectivity index (χ3n) is 3.04. The first-order valence-electron chi connectivity index (χ1n) is 5.72. The van der Waals surface area contributed by atoms with Gasteiger partial charge in [0.1, 0.15) is 11.4 Å². The van der Waals surface area contributed by atoms with E-state index in [4.69, 9.17) is 11.0 Å². The van der Waals surface area contributed by atoms with Crippen LogP contribution >= 0.6 is 0 Å². The Kier molecular flexibility index (Phi) is 4.27. The second-order valence-corrected chi connectivity index (χ2v) is 4.95. The summed E-state index contributed by atoms with van der Waals surface area (Å²) in [5.41, 5.74) is 5.08. The van der Waals surface area contributed by atoms with E-state index in [9.17, 15) is 0 Å². The zero-order chi connectivity index (χ0) is 13.1. The lowest BCUT2D eigenvalue weighted by Crippen LogP contribution is -2.42. The molecule has 5 nitrogen and oxygen atoms in total. The van der Waals surface area contributed by atoms with E-state index in [0.29, 0.717) is 6.42 Å². The number of aryl methyl sites for hydroxylation is 1. The highest BCUT2D eigenvalue weighted by Gasteiger charge is 2.23. The molecule has 0 amide bonds. The van der Waals surface area contributed by atoms with Gasteiger partial charge in [-0.05, 0) is 27.3 Å². The SMILES string of the molecule is CC(CC(C)(N)C#N)N(C)Cc1nccn1C. The Hall–Kier alpha value is -1.38. The Labute approximate surface area is 103 Å². The summed E-state index contributed by atoms with van der Waals surface area (Å²) >= 11 is 0. The van der Waals surface area contributed by atoms with Gasteiger partial charge in [0.15, 0.2) is 0 Å². The summed E-state index contributed by atoms with van der Waals surface area (Å²) in [5, 5.41) is 8.92. The predicted octanol–water partition coefficient (Wildman–Crippen LogP) is 0.871. The second-order valence-electron chi connectivity index (χ2n) is 4.95. The molecule has 0 aliphatic rings. The fourth-order valence-corrected chi connectivity index (χ4v) is 1.74. The van der Waals surface area contributed by atoms with Crippen LogP contribution in [0.15, 0.2) is 12.4 Å². The molecule has 0 aliphatic carbocycles. The van der Waals surface area contributed by atoms with Gasteiger partial charge in [0.25, 0.3) is 0 Å². The molecule has 0 saturated heterocycles. The van der Waals surface area contributed by atoms with Crippen LogP contribution in [0.2, 0.25) is 0 Å². The molecule has 1 heterocycles. The summed E-state index contributed by atoms with van der Waals surface area (Å²) in [5.74, 6) is 1.01. The number of hydrogen-bond acceptors (Lipinski definition) is 4. The summed E-state index contributed by atoms with van der Waals surface area (Å²) in [6, 6.07) is 2.36. The Morgan fingerprint density at radius 2 is 2.35 bits per heavy atom. The van der Waals surface area contributed by atoms with Crippen molar-refractivity contribution in [3.63, 3.8) is 0 Å². The van der Waals surface area contributed by atoms with Crippen LogP contribution in [-0.2, 0) is 13.6 Å². The normalized spacial score (nSPS) is 16.5. The first-order valence-corrected chi connectivity index (χ1v) is 5.72. The van der Waals surface area contributed by atoms with Crippen molar-refractivity contribution in [2.75, 3.05) is 7.05 Å². The average molecular weight is 235 g/mol. The topological polar surface area (TPSA) is 70.9 Å². The van der Waals surface area contributed by atoms with Crippen molar-refractivity contribution in [3.05, 3.63) is 18.2 Å². The summed E-state index contributed by atoms with van der Waals surface area (Å²) in [6.07, 6.45) is 4.36. The molecule has 94 valence electrons. The lowest BCUT2D eigenvalue weighted by atomic mass is 9.96. The van der Waals surface area contributed by atoms with E-state index in [1.165, 1.54) is 0 Å². The van der Waals surface area contributed by atoms with Gasteiger partial charge in [-0.25, -0.2) is 4.98 Å². The van der Waals surface area contributed by atoms with Crippen molar-refractivity contribution in [1.82, 2.24) is 14.5 Å². The zero-order valence-electron chi connectivity index (χ0n) is 11.0. The highest BCUT2D eigenvalue weighted by atomic mass is 15.2. The zero-order valence-corrected chi connectivity index (χ0v) is 11.0. The van der Waals surface area contributed by atoms with Gasteiger partial charge in [0, 0.05) is 25.5 Å². The molecule has 17 heavy (non-hydrogen) atoms. The number of nitrogens with zero attached hydrogens (tertiary/aromatic N) is 4. The lowest BCUT2D eigenvalue weighted by molar-refractivity contribution is 0.212. The van der Waals surface area contributed by atoms with Crippen molar-refractivity contribution in [1.29, 1.82) is 5.26 Å². The first kappa shape index (κ1) is 13.7. The summed E-state index contributed by atoms with van der Waals surface area (Å²) in [7, 11) is 4.00. The third kappa shape index (κ3) is 3.84. The number of nitrogens with two attached hydrogens (primary N) is 1. The van der Waals surface area contributed by atoms with Crippen LogP contribution in [0.5, 0.6) is 0 Å². The average Bonchev–Trinajstić information content (AvgIpc) is 2.64. The standard InChI is InChI=1S/C12H21N5/c1-10(7-12(2,14)9-13)17(4)8-11-15-5-6-16(11)3/h5-6,10H,7-8,14H2,1-4H3. The number of rotatable bonds is 5.